The second-order valence-corrected chi connectivity index (χ2v) is 6.01. The molecule has 7 heteroatoms. The van der Waals surface area contributed by atoms with Crippen molar-refractivity contribution in [3.8, 4) is 0 Å². The molecule has 0 fully saturated rings. The number of aromatic nitrogens is 4. The molecule has 0 saturated carbocycles. The number of aromatic amines is 1. The number of H-pyrrole nitrogens is 1. The van der Waals surface area contributed by atoms with Crippen molar-refractivity contribution in [2.45, 2.75) is 32.9 Å². The maximum atomic E-state index is 12.1. The normalized spacial score (nSPS) is 13.2. The van der Waals surface area contributed by atoms with E-state index in [9.17, 15) is 4.79 Å². The van der Waals surface area contributed by atoms with Crippen molar-refractivity contribution in [1.29, 1.82) is 0 Å². The third-order valence-corrected chi connectivity index (χ3v) is 4.27. The highest BCUT2D eigenvalue weighted by Gasteiger charge is 2.12. The van der Waals surface area contributed by atoms with E-state index in [1.165, 1.54) is 0 Å². The number of benzene rings is 1. The third-order valence-electron chi connectivity index (χ3n) is 4.27. The van der Waals surface area contributed by atoms with Crippen LogP contribution in [-0.2, 0) is 0 Å². The highest BCUT2D eigenvalue weighted by molar-refractivity contribution is 5.89. The first-order valence-electron chi connectivity index (χ1n) is 8.21. The number of carbonyl (C=O) groups excluding carboxylic acids is 1. The molecule has 130 valence electrons. The van der Waals surface area contributed by atoms with Crippen LogP contribution in [0.15, 0.2) is 48.9 Å². The van der Waals surface area contributed by atoms with Crippen LogP contribution in [0.3, 0.4) is 0 Å². The Labute approximate surface area is 146 Å². The van der Waals surface area contributed by atoms with Crippen molar-refractivity contribution in [1.82, 2.24) is 25.1 Å². The van der Waals surface area contributed by atoms with Crippen LogP contribution in [0, 0.1) is 6.92 Å². The predicted molar refractivity (Wildman–Crippen MR) is 96.4 cm³/mol. The molecule has 2 heterocycles. The van der Waals surface area contributed by atoms with Gasteiger partial charge in [0.05, 0.1) is 17.8 Å². The molecular weight excluding hydrogens is 316 g/mol. The summed E-state index contributed by atoms with van der Waals surface area (Å²) >= 11 is 0. The first-order chi connectivity index (χ1) is 12.0. The van der Waals surface area contributed by atoms with Crippen LogP contribution in [0.5, 0.6) is 0 Å². The lowest BCUT2D eigenvalue weighted by molar-refractivity contribution is 0.249. The Morgan fingerprint density at radius 1 is 1.16 bits per heavy atom. The number of nitrogens with one attached hydrogen (secondary N) is 3. The van der Waals surface area contributed by atoms with E-state index >= 15 is 0 Å². The van der Waals surface area contributed by atoms with Gasteiger partial charge in [-0.05, 0) is 44.5 Å². The van der Waals surface area contributed by atoms with Crippen molar-refractivity contribution in [2.75, 3.05) is 5.32 Å². The number of urea groups is 1. The Morgan fingerprint density at radius 3 is 2.52 bits per heavy atom. The van der Waals surface area contributed by atoms with Crippen LogP contribution in [0.25, 0.3) is 0 Å². The zero-order chi connectivity index (χ0) is 17.8. The van der Waals surface area contributed by atoms with Crippen LogP contribution in [-0.4, -0.2) is 25.8 Å². The Kier molecular flexibility index (Phi) is 4.83. The molecule has 2 atom stereocenters. The van der Waals surface area contributed by atoms with Gasteiger partial charge in [-0.1, -0.05) is 12.1 Å². The largest absolute Gasteiger partial charge is 0.330 e. The molecule has 0 aliphatic rings. The van der Waals surface area contributed by atoms with Crippen molar-refractivity contribution in [3.63, 3.8) is 0 Å². The van der Waals surface area contributed by atoms with E-state index in [0.717, 1.165) is 22.8 Å². The lowest BCUT2D eigenvalue weighted by Crippen LogP contribution is -2.31. The summed E-state index contributed by atoms with van der Waals surface area (Å²) in [6.45, 7) is 6.00. The van der Waals surface area contributed by atoms with E-state index in [4.69, 9.17) is 0 Å². The number of hydrogen-bond donors (Lipinski definition) is 3. The maximum absolute atomic E-state index is 12.1. The third kappa shape index (κ3) is 3.88. The minimum Gasteiger partial charge on any atom is -0.330 e. The van der Waals surface area contributed by atoms with Crippen molar-refractivity contribution >= 4 is 11.7 Å². The first-order valence-corrected chi connectivity index (χ1v) is 8.21. The minimum atomic E-state index is -0.256. The molecule has 0 radical (unpaired) electrons. The first kappa shape index (κ1) is 16.8. The summed E-state index contributed by atoms with van der Waals surface area (Å²) in [6.07, 6.45) is 5.43. The molecule has 3 rings (SSSR count). The van der Waals surface area contributed by atoms with Gasteiger partial charge in [0.25, 0.3) is 0 Å². The fourth-order valence-electron chi connectivity index (χ4n) is 2.75. The molecule has 2 amide bonds. The Hall–Kier alpha value is -3.09. The monoisotopic (exact) mass is 338 g/mol. The Morgan fingerprint density at radius 2 is 1.92 bits per heavy atom. The Balaban J connectivity index is 1.61. The molecule has 0 spiro atoms. The molecule has 2 aromatic heterocycles. The number of amides is 2. The zero-order valence-electron chi connectivity index (χ0n) is 14.5. The lowest BCUT2D eigenvalue weighted by Gasteiger charge is -2.17. The highest BCUT2D eigenvalue weighted by Crippen LogP contribution is 2.21. The molecule has 0 bridgehead atoms. The molecule has 25 heavy (non-hydrogen) atoms. The fraction of sp³-hybridized carbons (Fsp3) is 0.278. The summed E-state index contributed by atoms with van der Waals surface area (Å²) in [7, 11) is 0. The van der Waals surface area contributed by atoms with Gasteiger partial charge in [0.1, 0.15) is 5.82 Å². The molecule has 7 nitrogen and oxygen atoms in total. The predicted octanol–water partition coefficient (Wildman–Crippen LogP) is 3.41. The fourth-order valence-corrected chi connectivity index (χ4v) is 2.75. The van der Waals surface area contributed by atoms with Crippen LogP contribution in [0.1, 0.15) is 43.0 Å². The number of carbonyl (C=O) groups is 1. The summed E-state index contributed by atoms with van der Waals surface area (Å²) in [4.78, 5) is 16.4. The summed E-state index contributed by atoms with van der Waals surface area (Å²) in [5.41, 5.74) is 2.75. The summed E-state index contributed by atoms with van der Waals surface area (Å²) in [5.74, 6) is 0.974. The highest BCUT2D eigenvalue weighted by atomic mass is 16.2. The second kappa shape index (κ2) is 7.21. The zero-order valence-corrected chi connectivity index (χ0v) is 14.5. The standard InChI is InChI=1S/C18H22N6O/c1-12(17-8-9-20-23-17)21-18(25)22-16-6-4-15(5-7-16)13(2)24-11-10-19-14(24)3/h4-13H,1-3H3,(H,20,23)(H2,21,22,25)/t12-,13+/m0/s1. The second-order valence-electron chi connectivity index (χ2n) is 6.01. The SMILES string of the molecule is Cc1nccn1[C@H](C)c1ccc(NC(=O)N[C@@H](C)c2ccn[nH]2)cc1. The van der Waals surface area contributed by atoms with E-state index in [-0.39, 0.29) is 18.1 Å². The maximum Gasteiger partial charge on any atom is 0.319 e. The van der Waals surface area contributed by atoms with Crippen LogP contribution in [0.4, 0.5) is 10.5 Å². The molecule has 0 aliphatic carbocycles. The van der Waals surface area contributed by atoms with Gasteiger partial charge in [0, 0.05) is 24.3 Å². The number of rotatable bonds is 5. The summed E-state index contributed by atoms with van der Waals surface area (Å²) < 4.78 is 2.11. The smallest absolute Gasteiger partial charge is 0.319 e. The van der Waals surface area contributed by atoms with E-state index in [1.807, 2.05) is 50.4 Å². The van der Waals surface area contributed by atoms with Gasteiger partial charge in [-0.2, -0.15) is 5.10 Å². The van der Waals surface area contributed by atoms with Crippen molar-refractivity contribution < 1.29 is 4.79 Å². The van der Waals surface area contributed by atoms with Crippen LogP contribution in [0.2, 0.25) is 0 Å². The quantitative estimate of drug-likeness (QED) is 0.666. The van der Waals surface area contributed by atoms with Gasteiger partial charge in [-0.25, -0.2) is 9.78 Å². The number of anilines is 1. The topological polar surface area (TPSA) is 87.6 Å². The van der Waals surface area contributed by atoms with Gasteiger partial charge in [-0.15, -0.1) is 0 Å². The number of aryl methyl sites for hydroxylation is 1. The molecular formula is C18H22N6O. The molecule has 0 saturated heterocycles. The average molecular weight is 338 g/mol. The summed E-state index contributed by atoms with van der Waals surface area (Å²) in [6, 6.07) is 9.44. The lowest BCUT2D eigenvalue weighted by atomic mass is 10.1. The van der Waals surface area contributed by atoms with Gasteiger partial charge < -0.3 is 15.2 Å². The van der Waals surface area contributed by atoms with Crippen LogP contribution >= 0.6 is 0 Å². The van der Waals surface area contributed by atoms with E-state index in [1.54, 1.807) is 12.4 Å². The van der Waals surface area contributed by atoms with E-state index in [0.29, 0.717) is 0 Å². The average Bonchev–Trinajstić information content (AvgIpc) is 3.26. The minimum absolute atomic E-state index is 0.147. The van der Waals surface area contributed by atoms with E-state index in [2.05, 4.69) is 37.3 Å². The number of nitrogens with zero attached hydrogens (tertiary/aromatic N) is 3. The number of hydrogen-bond acceptors (Lipinski definition) is 3. The van der Waals surface area contributed by atoms with E-state index < -0.39 is 0 Å². The molecule has 3 aromatic rings. The van der Waals surface area contributed by atoms with Crippen molar-refractivity contribution in [2.24, 2.45) is 0 Å². The van der Waals surface area contributed by atoms with Gasteiger partial charge in [0.15, 0.2) is 0 Å². The van der Waals surface area contributed by atoms with Gasteiger partial charge in [-0.3, -0.25) is 5.10 Å². The van der Waals surface area contributed by atoms with Crippen molar-refractivity contribution in [3.05, 3.63) is 66.0 Å². The van der Waals surface area contributed by atoms with Gasteiger partial charge in [0.2, 0.25) is 0 Å². The van der Waals surface area contributed by atoms with Crippen LogP contribution < -0.4 is 10.6 Å². The number of imidazole rings is 1. The molecule has 0 aliphatic heterocycles. The molecule has 3 N–H and O–H groups in total. The molecule has 0 unspecified atom stereocenters. The van der Waals surface area contributed by atoms with Gasteiger partial charge >= 0.3 is 6.03 Å². The summed E-state index contributed by atoms with van der Waals surface area (Å²) in [5, 5.41) is 12.4. The molecule has 1 aromatic carbocycles. The Bertz CT molecular complexity index is 822.